The lowest BCUT2D eigenvalue weighted by atomic mass is 10.2. The molecule has 8 heteroatoms. The van der Waals surface area contributed by atoms with Crippen LogP contribution in [0.1, 0.15) is 18.4 Å². The molecule has 1 saturated carbocycles. The van der Waals surface area contributed by atoms with Crippen molar-refractivity contribution in [2.75, 3.05) is 7.11 Å². The third kappa shape index (κ3) is 4.22. The van der Waals surface area contributed by atoms with Gasteiger partial charge in [0, 0.05) is 22.6 Å². The van der Waals surface area contributed by atoms with E-state index in [2.05, 4.69) is 31.3 Å². The Balaban J connectivity index is 1.46. The van der Waals surface area contributed by atoms with Gasteiger partial charge < -0.3 is 9.64 Å². The molecule has 1 amide bonds. The zero-order valence-electron chi connectivity index (χ0n) is 15.5. The lowest BCUT2D eigenvalue weighted by Crippen LogP contribution is -2.35. The minimum atomic E-state index is -0.00519. The van der Waals surface area contributed by atoms with Crippen molar-refractivity contribution in [2.45, 2.75) is 32.0 Å². The van der Waals surface area contributed by atoms with Gasteiger partial charge in [0.2, 0.25) is 11.7 Å². The van der Waals surface area contributed by atoms with Crippen molar-refractivity contribution in [1.82, 2.24) is 25.1 Å². The summed E-state index contributed by atoms with van der Waals surface area (Å²) in [7, 11) is 1.64. The number of ether oxygens (including phenoxy) is 1. The fraction of sp³-hybridized carbons (Fsp3) is 0.300. The van der Waals surface area contributed by atoms with Gasteiger partial charge in [0.25, 0.3) is 0 Å². The number of tetrazole rings is 1. The van der Waals surface area contributed by atoms with Gasteiger partial charge in [0.15, 0.2) is 0 Å². The Morgan fingerprint density at radius 3 is 2.64 bits per heavy atom. The van der Waals surface area contributed by atoms with Gasteiger partial charge in [0.1, 0.15) is 12.3 Å². The number of hydrogen-bond donors (Lipinski definition) is 0. The molecule has 0 atom stereocenters. The van der Waals surface area contributed by atoms with Gasteiger partial charge >= 0.3 is 0 Å². The first-order chi connectivity index (χ1) is 13.6. The highest BCUT2D eigenvalue weighted by Gasteiger charge is 2.33. The topological polar surface area (TPSA) is 73.1 Å². The number of amides is 1. The van der Waals surface area contributed by atoms with Gasteiger partial charge in [-0.15, -0.1) is 10.2 Å². The molecule has 2 aromatic carbocycles. The van der Waals surface area contributed by atoms with Crippen LogP contribution in [0, 0.1) is 0 Å². The molecule has 1 heterocycles. The number of carbonyl (C=O) groups is 1. The van der Waals surface area contributed by atoms with E-state index in [4.69, 9.17) is 4.74 Å². The Labute approximate surface area is 171 Å². The van der Waals surface area contributed by atoms with Crippen LogP contribution in [0.5, 0.6) is 5.75 Å². The normalized spacial score (nSPS) is 13.4. The monoisotopic (exact) mass is 441 g/mol. The zero-order chi connectivity index (χ0) is 19.5. The second kappa shape index (κ2) is 8.10. The molecule has 1 aliphatic rings. The first kappa shape index (κ1) is 18.6. The van der Waals surface area contributed by atoms with Gasteiger partial charge in [-0.05, 0) is 47.9 Å². The van der Waals surface area contributed by atoms with Gasteiger partial charge in [-0.3, -0.25) is 4.79 Å². The summed E-state index contributed by atoms with van der Waals surface area (Å²) in [6, 6.07) is 15.8. The van der Waals surface area contributed by atoms with Crippen molar-refractivity contribution in [3.8, 4) is 17.1 Å². The van der Waals surface area contributed by atoms with E-state index in [1.54, 1.807) is 7.11 Å². The van der Waals surface area contributed by atoms with Gasteiger partial charge in [-0.1, -0.05) is 40.2 Å². The maximum absolute atomic E-state index is 12.9. The molecular formula is C20H20BrN5O2. The van der Waals surface area contributed by atoms with Crippen LogP contribution in [0.4, 0.5) is 0 Å². The first-order valence-corrected chi connectivity index (χ1v) is 9.88. The lowest BCUT2D eigenvalue weighted by molar-refractivity contribution is -0.133. The van der Waals surface area contributed by atoms with Crippen molar-refractivity contribution in [2.24, 2.45) is 0 Å². The van der Waals surface area contributed by atoms with Gasteiger partial charge in [0.05, 0.1) is 7.11 Å². The van der Waals surface area contributed by atoms with E-state index in [9.17, 15) is 4.79 Å². The largest absolute Gasteiger partial charge is 0.497 e. The molecule has 1 aliphatic carbocycles. The Kier molecular flexibility index (Phi) is 5.38. The van der Waals surface area contributed by atoms with Crippen molar-refractivity contribution < 1.29 is 9.53 Å². The van der Waals surface area contributed by atoms with Crippen LogP contribution in [0.3, 0.4) is 0 Å². The Morgan fingerprint density at radius 2 is 1.96 bits per heavy atom. The second-order valence-corrected chi connectivity index (χ2v) is 7.58. The Bertz CT molecular complexity index is 969. The van der Waals surface area contributed by atoms with Crippen LogP contribution in [0.15, 0.2) is 53.0 Å². The molecule has 0 N–H and O–H groups in total. The molecule has 0 aliphatic heterocycles. The molecule has 0 radical (unpaired) electrons. The molecule has 1 aromatic heterocycles. The average Bonchev–Trinajstić information content (AvgIpc) is 3.45. The Hall–Kier alpha value is -2.74. The quantitative estimate of drug-likeness (QED) is 0.562. The van der Waals surface area contributed by atoms with Crippen LogP contribution < -0.4 is 4.74 Å². The molecule has 144 valence electrons. The van der Waals surface area contributed by atoms with Crippen LogP contribution in [-0.2, 0) is 17.9 Å². The van der Waals surface area contributed by atoms with Crippen LogP contribution in [0.25, 0.3) is 11.4 Å². The molecular weight excluding hydrogens is 422 g/mol. The molecule has 1 fully saturated rings. The summed E-state index contributed by atoms with van der Waals surface area (Å²) in [5.74, 6) is 1.29. The van der Waals surface area contributed by atoms with Crippen molar-refractivity contribution >= 4 is 21.8 Å². The maximum atomic E-state index is 12.9. The molecule has 0 bridgehead atoms. The SMILES string of the molecule is COc1ccc(CN(C(=O)Cn2nnc(-c3ccccc3Br)n2)C2CC2)cc1. The summed E-state index contributed by atoms with van der Waals surface area (Å²) in [5.41, 5.74) is 1.92. The molecule has 7 nitrogen and oxygen atoms in total. The van der Waals surface area contributed by atoms with Gasteiger partial charge in [-0.25, -0.2) is 0 Å². The fourth-order valence-corrected chi connectivity index (χ4v) is 3.47. The number of methoxy groups -OCH3 is 1. The number of halogens is 1. The predicted molar refractivity (Wildman–Crippen MR) is 108 cm³/mol. The molecule has 4 rings (SSSR count). The lowest BCUT2D eigenvalue weighted by Gasteiger charge is -2.22. The first-order valence-electron chi connectivity index (χ1n) is 9.09. The highest BCUT2D eigenvalue weighted by Crippen LogP contribution is 2.29. The van der Waals surface area contributed by atoms with E-state index in [0.29, 0.717) is 18.4 Å². The average molecular weight is 442 g/mol. The molecule has 0 spiro atoms. The summed E-state index contributed by atoms with van der Waals surface area (Å²) in [4.78, 5) is 16.2. The van der Waals surface area contributed by atoms with Gasteiger partial charge in [-0.2, -0.15) is 4.80 Å². The van der Waals surface area contributed by atoms with E-state index in [-0.39, 0.29) is 12.5 Å². The number of hydrogen-bond acceptors (Lipinski definition) is 5. The number of aromatic nitrogens is 4. The summed E-state index contributed by atoms with van der Waals surface area (Å²) < 4.78 is 6.09. The van der Waals surface area contributed by atoms with Crippen LogP contribution >= 0.6 is 15.9 Å². The van der Waals surface area contributed by atoms with Crippen LogP contribution in [-0.4, -0.2) is 44.2 Å². The number of carbonyl (C=O) groups excluding carboxylic acids is 1. The summed E-state index contributed by atoms with van der Waals surface area (Å²) >= 11 is 3.49. The zero-order valence-corrected chi connectivity index (χ0v) is 17.0. The smallest absolute Gasteiger partial charge is 0.246 e. The summed E-state index contributed by atoms with van der Waals surface area (Å²) in [5, 5.41) is 12.5. The number of rotatable bonds is 7. The molecule has 28 heavy (non-hydrogen) atoms. The molecule has 3 aromatic rings. The molecule has 0 unspecified atom stereocenters. The van der Waals surface area contributed by atoms with E-state index < -0.39 is 0 Å². The summed E-state index contributed by atoms with van der Waals surface area (Å²) in [6.07, 6.45) is 2.07. The third-order valence-corrected chi connectivity index (χ3v) is 5.36. The van der Waals surface area contributed by atoms with Crippen LogP contribution in [0.2, 0.25) is 0 Å². The predicted octanol–water partition coefficient (Wildman–Crippen LogP) is 3.30. The minimum Gasteiger partial charge on any atom is -0.497 e. The van der Waals surface area contributed by atoms with E-state index in [1.807, 2.05) is 53.4 Å². The van der Waals surface area contributed by atoms with Crippen molar-refractivity contribution in [3.05, 3.63) is 58.6 Å². The van der Waals surface area contributed by atoms with E-state index in [1.165, 1.54) is 4.80 Å². The van der Waals surface area contributed by atoms with Crippen molar-refractivity contribution in [3.63, 3.8) is 0 Å². The molecule has 0 saturated heterocycles. The highest BCUT2D eigenvalue weighted by molar-refractivity contribution is 9.10. The standard InChI is InChI=1S/C20H20BrN5O2/c1-28-16-10-6-14(7-11-16)12-25(15-8-9-15)19(27)13-26-23-20(22-24-26)17-4-2-3-5-18(17)21/h2-7,10-11,15H,8-9,12-13H2,1H3. The van der Waals surface area contributed by atoms with Crippen molar-refractivity contribution in [1.29, 1.82) is 0 Å². The van der Waals surface area contributed by atoms with E-state index >= 15 is 0 Å². The number of benzene rings is 2. The highest BCUT2D eigenvalue weighted by atomic mass is 79.9. The third-order valence-electron chi connectivity index (χ3n) is 4.66. The maximum Gasteiger partial charge on any atom is 0.246 e. The Morgan fingerprint density at radius 1 is 1.21 bits per heavy atom. The summed E-state index contributed by atoms with van der Waals surface area (Å²) in [6.45, 7) is 0.642. The second-order valence-electron chi connectivity index (χ2n) is 6.72. The number of nitrogens with zero attached hydrogens (tertiary/aromatic N) is 5. The fourth-order valence-electron chi connectivity index (χ4n) is 3.01. The minimum absolute atomic E-state index is 0.00519. The van der Waals surface area contributed by atoms with E-state index in [0.717, 1.165) is 34.2 Å².